The number of piperidine rings is 1. The summed E-state index contributed by atoms with van der Waals surface area (Å²) in [6.45, 7) is 0.878. The van der Waals surface area contributed by atoms with Crippen LogP contribution in [-0.4, -0.2) is 75.6 Å². The Kier molecular flexibility index (Phi) is 11.0. The molecule has 4 aromatic rings. The minimum Gasteiger partial charge on any atom is -0.377 e. The number of hydrazine groups is 1. The van der Waals surface area contributed by atoms with Gasteiger partial charge in [0.25, 0.3) is 0 Å². The van der Waals surface area contributed by atoms with Crippen LogP contribution in [0.1, 0.15) is 54.7 Å². The zero-order valence-electron chi connectivity index (χ0n) is 26.2. The molecule has 1 aromatic heterocycles. The van der Waals surface area contributed by atoms with Crippen molar-refractivity contribution in [2.24, 2.45) is 10.8 Å². The number of aromatic nitrogens is 1. The molecular formula is C33H41N7O4S2. The molecule has 3 aromatic carbocycles. The molecule has 2 atom stereocenters. The van der Waals surface area contributed by atoms with Crippen molar-refractivity contribution in [3.05, 3.63) is 65.7 Å². The second-order valence-corrected chi connectivity index (χ2v) is 14.4. The number of rotatable bonds is 14. The number of para-hydroxylation sites is 1. The molecule has 11 nitrogen and oxygen atoms in total. The maximum Gasteiger partial charge on any atom is 0.241 e. The van der Waals surface area contributed by atoms with Gasteiger partial charge in [0.15, 0.2) is 10.8 Å². The molecule has 46 heavy (non-hydrogen) atoms. The highest BCUT2D eigenvalue weighted by molar-refractivity contribution is 7.89. The number of nitrogens with two attached hydrogens (primary N) is 1. The van der Waals surface area contributed by atoms with E-state index in [0.29, 0.717) is 36.3 Å². The smallest absolute Gasteiger partial charge is 0.241 e. The molecule has 4 N–H and O–H groups in total. The largest absolute Gasteiger partial charge is 0.377 e. The molecule has 1 aliphatic rings. The molecule has 1 aliphatic heterocycles. The number of fused-ring (bicyclic) bond motifs is 2. The van der Waals surface area contributed by atoms with Gasteiger partial charge in [0.2, 0.25) is 15.9 Å². The van der Waals surface area contributed by atoms with Crippen LogP contribution in [-0.2, 0) is 14.8 Å². The number of amides is 1. The molecule has 1 saturated heterocycles. The molecule has 0 saturated carbocycles. The highest BCUT2D eigenvalue weighted by atomic mass is 32.2. The van der Waals surface area contributed by atoms with Gasteiger partial charge in [-0.1, -0.05) is 36.4 Å². The lowest BCUT2D eigenvalue weighted by Gasteiger charge is -2.38. The first-order valence-electron chi connectivity index (χ1n) is 15.5. The van der Waals surface area contributed by atoms with Gasteiger partial charge in [-0.05, 0) is 62.8 Å². The number of nitrogens with zero attached hydrogens (tertiary/aromatic N) is 4. The van der Waals surface area contributed by atoms with Crippen LogP contribution in [0.3, 0.4) is 0 Å². The lowest BCUT2D eigenvalue weighted by atomic mass is 9.95. The van der Waals surface area contributed by atoms with Crippen LogP contribution in [0.15, 0.2) is 70.6 Å². The first-order chi connectivity index (χ1) is 22.2. The van der Waals surface area contributed by atoms with Crippen LogP contribution in [0.5, 0.6) is 0 Å². The molecule has 0 radical (unpaired) electrons. The zero-order valence-corrected chi connectivity index (χ0v) is 27.8. The number of benzene rings is 3. The van der Waals surface area contributed by atoms with Crippen LogP contribution in [0.25, 0.3) is 21.0 Å². The third-order valence-electron chi connectivity index (χ3n) is 8.32. The summed E-state index contributed by atoms with van der Waals surface area (Å²) in [6, 6.07) is 17.2. The molecule has 2 unspecified atom stereocenters. The van der Waals surface area contributed by atoms with Gasteiger partial charge in [-0.3, -0.25) is 14.6 Å². The fourth-order valence-electron chi connectivity index (χ4n) is 6.06. The Hall–Kier alpha value is -3.91. The minimum atomic E-state index is -4.10. The number of ketones is 1. The predicted octanol–water partition coefficient (Wildman–Crippen LogP) is 4.48. The first-order valence-corrected chi connectivity index (χ1v) is 17.8. The number of hydrogen-bond acceptors (Lipinski definition) is 9. The van der Waals surface area contributed by atoms with Crippen molar-refractivity contribution in [3.8, 4) is 0 Å². The van der Waals surface area contributed by atoms with E-state index >= 15 is 0 Å². The van der Waals surface area contributed by atoms with Crippen molar-refractivity contribution in [2.75, 3.05) is 32.1 Å². The van der Waals surface area contributed by atoms with E-state index in [1.54, 1.807) is 23.1 Å². The molecule has 0 aliphatic carbocycles. The van der Waals surface area contributed by atoms with Gasteiger partial charge in [0.1, 0.15) is 6.04 Å². The van der Waals surface area contributed by atoms with E-state index in [-0.39, 0.29) is 35.5 Å². The Bertz CT molecular complexity index is 1790. The summed E-state index contributed by atoms with van der Waals surface area (Å²) in [4.78, 5) is 39.8. The Morgan fingerprint density at radius 3 is 2.67 bits per heavy atom. The summed E-state index contributed by atoms with van der Waals surface area (Å²) in [6.07, 6.45) is 5.33. The average molecular weight is 664 g/mol. The summed E-state index contributed by atoms with van der Waals surface area (Å²) in [5.41, 5.74) is 4.05. The fraction of sp³-hybridized carbons (Fsp3) is 0.394. The van der Waals surface area contributed by atoms with E-state index in [1.807, 2.05) is 61.5 Å². The van der Waals surface area contributed by atoms with Gasteiger partial charge in [-0.25, -0.2) is 19.2 Å². The second-order valence-electron chi connectivity index (χ2n) is 11.7. The number of hydrogen-bond donors (Lipinski definition) is 3. The predicted molar refractivity (Wildman–Crippen MR) is 185 cm³/mol. The summed E-state index contributed by atoms with van der Waals surface area (Å²) in [5, 5.41) is 1.85. The van der Waals surface area contributed by atoms with E-state index < -0.39 is 16.1 Å². The Labute approximate surface area is 273 Å². The monoisotopic (exact) mass is 663 g/mol. The third kappa shape index (κ3) is 7.72. The lowest BCUT2D eigenvalue weighted by molar-refractivity contribution is -0.137. The summed E-state index contributed by atoms with van der Waals surface area (Å²) >= 11 is 1.38. The SMILES string of the molecule is CN(C)c1cccc2c(S(=O)(=O)NC(CCCN=CNN)C(=O)N3CCCCC3CCC(=O)c3nc4ccccc4s3)cccc12. The van der Waals surface area contributed by atoms with E-state index in [9.17, 15) is 18.0 Å². The number of anilines is 1. The molecule has 0 spiro atoms. The van der Waals surface area contributed by atoms with Gasteiger partial charge in [-0.15, -0.1) is 11.3 Å². The van der Waals surface area contributed by atoms with Gasteiger partial charge >= 0.3 is 0 Å². The van der Waals surface area contributed by atoms with Crippen molar-refractivity contribution >= 4 is 66.1 Å². The van der Waals surface area contributed by atoms with Gasteiger partial charge in [0, 0.05) is 56.1 Å². The topological polar surface area (TPSA) is 150 Å². The molecule has 1 fully saturated rings. The number of Topliss-reactive ketones (excluding diaryl/α,β-unsaturated/α-hetero) is 1. The molecule has 0 bridgehead atoms. The second kappa shape index (κ2) is 15.1. The minimum absolute atomic E-state index is 0.0455. The van der Waals surface area contributed by atoms with E-state index in [1.165, 1.54) is 17.7 Å². The van der Waals surface area contributed by atoms with Crippen molar-refractivity contribution in [3.63, 3.8) is 0 Å². The van der Waals surface area contributed by atoms with Crippen LogP contribution < -0.4 is 20.9 Å². The van der Waals surface area contributed by atoms with E-state index in [0.717, 1.165) is 40.6 Å². The van der Waals surface area contributed by atoms with Crippen molar-refractivity contribution in [1.29, 1.82) is 0 Å². The highest BCUT2D eigenvalue weighted by Crippen LogP contribution is 2.31. The molecule has 5 rings (SSSR count). The maximum absolute atomic E-state index is 14.2. The highest BCUT2D eigenvalue weighted by Gasteiger charge is 2.34. The van der Waals surface area contributed by atoms with Gasteiger partial charge < -0.3 is 15.2 Å². The number of aliphatic imine (C=N–C) groups is 1. The Balaban J connectivity index is 1.36. The number of likely N-dealkylation sites (tertiary alicyclic amines) is 1. The van der Waals surface area contributed by atoms with Gasteiger partial charge in [0.05, 0.1) is 21.5 Å². The molecule has 244 valence electrons. The fourth-order valence-corrected chi connectivity index (χ4v) is 8.44. The number of sulfonamides is 1. The van der Waals surface area contributed by atoms with Gasteiger partial charge in [-0.2, -0.15) is 4.72 Å². The lowest BCUT2D eigenvalue weighted by Crippen LogP contribution is -2.53. The first kappa shape index (κ1) is 33.5. The number of carbonyl (C=O) groups excluding carboxylic acids is 2. The third-order valence-corrected chi connectivity index (χ3v) is 10.9. The molecule has 2 heterocycles. The maximum atomic E-state index is 14.2. The van der Waals surface area contributed by atoms with Crippen LogP contribution in [0, 0.1) is 0 Å². The molecular weight excluding hydrogens is 623 g/mol. The van der Waals surface area contributed by atoms with Crippen molar-refractivity contribution < 1.29 is 18.0 Å². The van der Waals surface area contributed by atoms with Crippen molar-refractivity contribution in [1.82, 2.24) is 20.0 Å². The van der Waals surface area contributed by atoms with E-state index in [2.05, 4.69) is 20.1 Å². The van der Waals surface area contributed by atoms with E-state index in [4.69, 9.17) is 5.84 Å². The average Bonchev–Trinajstić information content (AvgIpc) is 3.50. The quantitative estimate of drug-likeness (QED) is 0.0447. The standard InChI is InChI=1S/C33H41N7O4S2/c1-39(2)28-15-7-12-25-24(28)11-8-17-31(25)46(43,44)38-27(14-9-20-35-22-36-34)33(42)40-21-6-5-10-23(40)18-19-29(41)32-37-26-13-3-4-16-30(26)45-32/h3-4,7-8,11-13,15-17,22-23,27,38H,5-6,9-10,14,18-21,34H2,1-2H3,(H,35,36). The summed E-state index contributed by atoms with van der Waals surface area (Å²) < 4.78 is 31.7. The van der Waals surface area contributed by atoms with Crippen LogP contribution >= 0.6 is 11.3 Å². The number of nitrogens with one attached hydrogen (secondary N) is 2. The number of carbonyl (C=O) groups is 2. The normalized spacial score (nSPS) is 16.2. The number of thiazole rings is 1. The Morgan fingerprint density at radius 2 is 1.89 bits per heavy atom. The Morgan fingerprint density at radius 1 is 1.11 bits per heavy atom. The van der Waals surface area contributed by atoms with Crippen LogP contribution in [0.4, 0.5) is 5.69 Å². The summed E-state index contributed by atoms with van der Waals surface area (Å²) in [5.74, 6) is 4.95. The van der Waals surface area contributed by atoms with Crippen molar-refractivity contribution in [2.45, 2.75) is 61.9 Å². The molecule has 1 amide bonds. The summed E-state index contributed by atoms with van der Waals surface area (Å²) in [7, 11) is -0.280. The molecule has 13 heteroatoms. The zero-order chi connectivity index (χ0) is 32.7. The van der Waals surface area contributed by atoms with Crippen LogP contribution in [0.2, 0.25) is 0 Å².